The number of ether oxygens (including phenoxy) is 2. The van der Waals surface area contributed by atoms with Gasteiger partial charge in [-0.25, -0.2) is 9.59 Å². The van der Waals surface area contributed by atoms with Crippen LogP contribution >= 0.6 is 0 Å². The number of benzene rings is 2. The normalized spacial score (nSPS) is 17.3. The van der Waals surface area contributed by atoms with E-state index >= 15 is 0 Å². The van der Waals surface area contributed by atoms with Crippen LogP contribution < -0.4 is 0 Å². The van der Waals surface area contributed by atoms with E-state index in [-0.39, 0.29) is 12.5 Å². The third kappa shape index (κ3) is 2.86. The van der Waals surface area contributed by atoms with E-state index < -0.39 is 36.7 Å². The molecule has 2 aromatic rings. The Morgan fingerprint density at radius 2 is 1.62 bits per heavy atom. The number of amides is 1. The second-order valence-corrected chi connectivity index (χ2v) is 7.24. The average Bonchev–Trinajstić information content (AvgIpc) is 2.99. The van der Waals surface area contributed by atoms with Gasteiger partial charge in [0.2, 0.25) is 0 Å². The van der Waals surface area contributed by atoms with Gasteiger partial charge in [0.05, 0.1) is 13.1 Å². The standard InChI is InChI=1S/C21H19F2NO5/c1-28-20(21(22,23)18(25)26)11-24(12-20)19(27)29-10-17-15-8-4-2-6-13(15)14-7-3-5-9-16(14)17/h2-9,17H,10-12H2,1H3,(H,25,26). The smallest absolute Gasteiger partial charge is 0.409 e. The van der Waals surface area contributed by atoms with Crippen LogP contribution in [0.25, 0.3) is 11.1 Å². The van der Waals surface area contributed by atoms with E-state index in [0.717, 1.165) is 34.3 Å². The predicted octanol–water partition coefficient (Wildman–Crippen LogP) is 3.36. The van der Waals surface area contributed by atoms with E-state index in [4.69, 9.17) is 14.6 Å². The first-order valence-corrected chi connectivity index (χ1v) is 9.07. The Hall–Kier alpha value is -3.00. The summed E-state index contributed by atoms with van der Waals surface area (Å²) in [5, 5.41) is 8.77. The van der Waals surface area contributed by atoms with Gasteiger partial charge in [-0.2, -0.15) is 8.78 Å². The van der Waals surface area contributed by atoms with Crippen molar-refractivity contribution in [3.8, 4) is 11.1 Å². The molecule has 29 heavy (non-hydrogen) atoms. The number of likely N-dealkylation sites (tertiary alicyclic amines) is 1. The maximum atomic E-state index is 13.9. The first-order valence-electron chi connectivity index (χ1n) is 9.07. The molecule has 2 aliphatic rings. The highest BCUT2D eigenvalue weighted by Crippen LogP contribution is 2.45. The monoisotopic (exact) mass is 403 g/mol. The quantitative estimate of drug-likeness (QED) is 0.829. The van der Waals surface area contributed by atoms with Crippen molar-refractivity contribution in [1.29, 1.82) is 0 Å². The minimum absolute atomic E-state index is 0.0542. The summed E-state index contributed by atoms with van der Waals surface area (Å²) in [7, 11) is 1.01. The number of carboxylic acid groups (broad SMARTS) is 1. The van der Waals surface area contributed by atoms with E-state index in [1.54, 1.807) is 0 Å². The summed E-state index contributed by atoms with van der Waals surface area (Å²) < 4.78 is 38.0. The van der Waals surface area contributed by atoms with Gasteiger partial charge in [-0.05, 0) is 22.3 Å². The van der Waals surface area contributed by atoms with Gasteiger partial charge in [0.25, 0.3) is 0 Å². The fraction of sp³-hybridized carbons (Fsp3) is 0.333. The van der Waals surface area contributed by atoms with E-state index in [2.05, 4.69) is 0 Å². The van der Waals surface area contributed by atoms with Gasteiger partial charge in [0, 0.05) is 13.0 Å². The number of fused-ring (bicyclic) bond motifs is 3. The second kappa shape index (κ2) is 6.81. The van der Waals surface area contributed by atoms with Gasteiger partial charge in [-0.3, -0.25) is 0 Å². The average molecular weight is 403 g/mol. The Morgan fingerprint density at radius 3 is 2.10 bits per heavy atom. The molecule has 1 aliphatic carbocycles. The van der Waals surface area contributed by atoms with Crippen LogP contribution in [0.15, 0.2) is 48.5 Å². The zero-order valence-electron chi connectivity index (χ0n) is 15.6. The molecule has 0 saturated carbocycles. The molecule has 2 aromatic carbocycles. The Morgan fingerprint density at radius 1 is 1.10 bits per heavy atom. The number of methoxy groups -OCH3 is 1. The predicted molar refractivity (Wildman–Crippen MR) is 99.0 cm³/mol. The van der Waals surface area contributed by atoms with E-state index in [1.807, 2.05) is 48.5 Å². The number of carboxylic acids is 1. The van der Waals surface area contributed by atoms with Crippen molar-refractivity contribution >= 4 is 12.1 Å². The minimum atomic E-state index is -4.11. The maximum Gasteiger partial charge on any atom is 0.409 e. The number of hydrogen-bond donors (Lipinski definition) is 1. The SMILES string of the molecule is COC1(C(F)(F)C(=O)O)CN(C(=O)OCC2c3ccccc3-c3ccccc32)C1. The van der Waals surface area contributed by atoms with Crippen LogP contribution in [-0.2, 0) is 14.3 Å². The molecule has 1 N–H and O–H groups in total. The van der Waals surface area contributed by atoms with Crippen LogP contribution in [0.3, 0.4) is 0 Å². The molecule has 0 radical (unpaired) electrons. The molecule has 1 saturated heterocycles. The lowest BCUT2D eigenvalue weighted by Gasteiger charge is -2.49. The highest BCUT2D eigenvalue weighted by Gasteiger charge is 2.67. The van der Waals surface area contributed by atoms with Crippen LogP contribution in [-0.4, -0.2) is 60.4 Å². The first kappa shape index (κ1) is 19.3. The molecule has 0 spiro atoms. The summed E-state index contributed by atoms with van der Waals surface area (Å²) in [5.74, 6) is -6.55. The Balaban J connectivity index is 1.45. The summed E-state index contributed by atoms with van der Waals surface area (Å²) in [4.78, 5) is 24.2. The molecule has 0 unspecified atom stereocenters. The van der Waals surface area contributed by atoms with Crippen molar-refractivity contribution in [2.45, 2.75) is 17.4 Å². The van der Waals surface area contributed by atoms with Crippen molar-refractivity contribution in [3.05, 3.63) is 59.7 Å². The molecule has 0 atom stereocenters. The van der Waals surface area contributed by atoms with Crippen molar-refractivity contribution in [1.82, 2.24) is 4.90 Å². The van der Waals surface area contributed by atoms with E-state index in [0.29, 0.717) is 0 Å². The fourth-order valence-corrected chi connectivity index (χ4v) is 4.04. The van der Waals surface area contributed by atoms with Crippen LogP contribution in [0.2, 0.25) is 0 Å². The summed E-state index contributed by atoms with van der Waals surface area (Å²) >= 11 is 0. The van der Waals surface area contributed by atoms with Crippen LogP contribution in [0.4, 0.5) is 13.6 Å². The van der Waals surface area contributed by atoms with Crippen LogP contribution in [0.1, 0.15) is 17.0 Å². The van der Waals surface area contributed by atoms with Crippen molar-refractivity contribution in [3.63, 3.8) is 0 Å². The van der Waals surface area contributed by atoms with E-state index in [9.17, 15) is 18.4 Å². The molecule has 1 aliphatic heterocycles. The third-order valence-corrected chi connectivity index (χ3v) is 5.72. The van der Waals surface area contributed by atoms with Crippen molar-refractivity contribution in [2.24, 2.45) is 0 Å². The molecule has 1 heterocycles. The number of aliphatic carboxylic acids is 1. The molecule has 0 aromatic heterocycles. The van der Waals surface area contributed by atoms with Crippen molar-refractivity contribution in [2.75, 3.05) is 26.8 Å². The topological polar surface area (TPSA) is 76.1 Å². The molecular weight excluding hydrogens is 384 g/mol. The summed E-state index contributed by atoms with van der Waals surface area (Å²) in [6.07, 6.45) is -0.777. The number of alkyl halides is 2. The number of hydrogen-bond acceptors (Lipinski definition) is 4. The molecule has 152 valence electrons. The van der Waals surface area contributed by atoms with Gasteiger partial charge >= 0.3 is 18.0 Å². The van der Waals surface area contributed by atoms with E-state index in [1.165, 1.54) is 0 Å². The highest BCUT2D eigenvalue weighted by atomic mass is 19.3. The lowest BCUT2D eigenvalue weighted by molar-refractivity contribution is -0.249. The molecule has 0 bridgehead atoms. The van der Waals surface area contributed by atoms with Crippen LogP contribution in [0, 0.1) is 0 Å². The van der Waals surface area contributed by atoms with Gasteiger partial charge in [-0.1, -0.05) is 48.5 Å². The number of carbonyl (C=O) groups excluding carboxylic acids is 1. The fourth-order valence-electron chi connectivity index (χ4n) is 4.04. The summed E-state index contributed by atoms with van der Waals surface area (Å²) in [5.41, 5.74) is 1.98. The van der Waals surface area contributed by atoms with Gasteiger partial charge in [-0.15, -0.1) is 0 Å². The van der Waals surface area contributed by atoms with Gasteiger partial charge < -0.3 is 19.5 Å². The first-order chi connectivity index (χ1) is 13.8. The van der Waals surface area contributed by atoms with Crippen molar-refractivity contribution < 1.29 is 33.0 Å². The molecule has 8 heteroatoms. The highest BCUT2D eigenvalue weighted by molar-refractivity contribution is 5.80. The largest absolute Gasteiger partial charge is 0.477 e. The molecule has 4 rings (SSSR count). The molecule has 1 fully saturated rings. The number of halogens is 2. The maximum absolute atomic E-state index is 13.9. The second-order valence-electron chi connectivity index (χ2n) is 7.24. The third-order valence-electron chi connectivity index (χ3n) is 5.72. The lowest BCUT2D eigenvalue weighted by atomic mass is 9.87. The number of nitrogens with zero attached hydrogens (tertiary/aromatic N) is 1. The zero-order valence-corrected chi connectivity index (χ0v) is 15.6. The number of rotatable bonds is 5. The Kier molecular flexibility index (Phi) is 4.53. The summed E-state index contributed by atoms with van der Waals surface area (Å²) in [6.45, 7) is -1.06. The molecular formula is C21H19F2NO5. The lowest BCUT2D eigenvalue weighted by Crippen LogP contribution is -2.74. The minimum Gasteiger partial charge on any atom is -0.477 e. The Labute approximate surface area is 165 Å². The zero-order chi connectivity index (χ0) is 20.8. The molecule has 1 amide bonds. The van der Waals surface area contributed by atoms with Crippen LogP contribution in [0.5, 0.6) is 0 Å². The van der Waals surface area contributed by atoms with Gasteiger partial charge in [0.15, 0.2) is 5.60 Å². The molecule has 6 nitrogen and oxygen atoms in total. The number of carbonyl (C=O) groups is 2. The Bertz CT molecular complexity index is 926. The van der Waals surface area contributed by atoms with Gasteiger partial charge in [0.1, 0.15) is 6.61 Å². The summed E-state index contributed by atoms with van der Waals surface area (Å²) in [6, 6.07) is 15.7.